The Hall–Kier alpha value is -0.950. The van der Waals surface area contributed by atoms with Crippen molar-refractivity contribution in [1.82, 2.24) is 5.32 Å². The van der Waals surface area contributed by atoms with Crippen molar-refractivity contribution in [2.45, 2.75) is 13.0 Å². The van der Waals surface area contributed by atoms with Crippen molar-refractivity contribution in [3.8, 4) is 0 Å². The van der Waals surface area contributed by atoms with Gasteiger partial charge in [0.05, 0.1) is 5.75 Å². The molecule has 4 nitrogen and oxygen atoms in total. The first-order valence-electron chi connectivity index (χ1n) is 5.72. The number of sulfonamides is 1. The molecule has 2 rings (SSSR count). The predicted molar refractivity (Wildman–Crippen MR) is 76.1 cm³/mol. The van der Waals surface area contributed by atoms with Gasteiger partial charge < -0.3 is 5.32 Å². The van der Waals surface area contributed by atoms with Gasteiger partial charge in [-0.3, -0.25) is 0 Å². The molecular weight excluding hydrogens is 268 g/mol. The Morgan fingerprint density at radius 2 is 2.06 bits per heavy atom. The molecule has 1 aromatic heterocycles. The molecule has 1 heterocycles. The third kappa shape index (κ3) is 3.78. The van der Waals surface area contributed by atoms with Crippen LogP contribution in [0, 0.1) is 0 Å². The summed E-state index contributed by atoms with van der Waals surface area (Å²) in [5, 5.41) is 11.6. The summed E-state index contributed by atoms with van der Waals surface area (Å²) in [5.41, 5.74) is 1.26. The van der Waals surface area contributed by atoms with E-state index in [1.165, 1.54) is 15.6 Å². The van der Waals surface area contributed by atoms with Crippen molar-refractivity contribution < 1.29 is 8.42 Å². The Balaban J connectivity index is 1.84. The van der Waals surface area contributed by atoms with E-state index in [2.05, 4.69) is 22.8 Å². The second kappa shape index (κ2) is 5.79. The van der Waals surface area contributed by atoms with Crippen LogP contribution in [0.2, 0.25) is 0 Å². The normalized spacial score (nSPS) is 12.1. The zero-order valence-corrected chi connectivity index (χ0v) is 11.6. The van der Waals surface area contributed by atoms with Crippen molar-refractivity contribution >= 4 is 31.4 Å². The van der Waals surface area contributed by atoms with Crippen LogP contribution in [0.3, 0.4) is 0 Å². The Kier molecular flexibility index (Phi) is 4.34. The lowest BCUT2D eigenvalue weighted by atomic mass is 10.2. The smallest absolute Gasteiger partial charge is 0.209 e. The number of benzene rings is 1. The molecule has 0 aliphatic heterocycles. The van der Waals surface area contributed by atoms with Gasteiger partial charge in [0.2, 0.25) is 10.0 Å². The fourth-order valence-corrected chi connectivity index (χ4v) is 3.30. The molecule has 6 heteroatoms. The molecule has 0 aliphatic rings. The Morgan fingerprint density at radius 3 is 2.83 bits per heavy atom. The quantitative estimate of drug-likeness (QED) is 0.793. The zero-order valence-electron chi connectivity index (χ0n) is 9.93. The molecule has 18 heavy (non-hydrogen) atoms. The lowest BCUT2D eigenvalue weighted by Gasteiger charge is -2.03. The van der Waals surface area contributed by atoms with Gasteiger partial charge in [0.25, 0.3) is 0 Å². The predicted octanol–water partition coefficient (Wildman–Crippen LogP) is 1.67. The molecule has 0 saturated carbocycles. The second-order valence-corrected chi connectivity index (χ2v) is 6.80. The van der Waals surface area contributed by atoms with E-state index in [0.29, 0.717) is 13.0 Å². The van der Waals surface area contributed by atoms with Gasteiger partial charge >= 0.3 is 0 Å². The largest absolute Gasteiger partial charge is 0.313 e. The standard InChI is InChI=1S/C12H16N2O2S2/c13-18(15,16)7-3-6-14-8-10-9-17-12-5-2-1-4-11(10)12/h1-2,4-5,9,14H,3,6-8H2,(H2,13,15,16). The second-order valence-electron chi connectivity index (χ2n) is 4.15. The Bertz CT molecular complexity index is 620. The molecule has 0 atom stereocenters. The number of thiophene rings is 1. The molecular formula is C12H16N2O2S2. The zero-order chi connectivity index (χ0) is 13.0. The fraction of sp³-hybridized carbons (Fsp3) is 0.333. The number of nitrogens with two attached hydrogens (primary N) is 1. The summed E-state index contributed by atoms with van der Waals surface area (Å²) in [4.78, 5) is 0. The van der Waals surface area contributed by atoms with E-state index in [9.17, 15) is 8.42 Å². The van der Waals surface area contributed by atoms with Crippen LogP contribution in [-0.4, -0.2) is 20.7 Å². The SMILES string of the molecule is NS(=O)(=O)CCCNCc1csc2ccccc12. The molecule has 0 saturated heterocycles. The van der Waals surface area contributed by atoms with Gasteiger partial charge in [-0.25, -0.2) is 13.6 Å². The maximum absolute atomic E-state index is 10.7. The highest BCUT2D eigenvalue weighted by Crippen LogP contribution is 2.25. The van der Waals surface area contributed by atoms with Crippen molar-refractivity contribution in [3.05, 3.63) is 35.2 Å². The molecule has 0 amide bonds. The van der Waals surface area contributed by atoms with Crippen LogP contribution in [-0.2, 0) is 16.6 Å². The van der Waals surface area contributed by atoms with Gasteiger partial charge in [-0.2, -0.15) is 0 Å². The average Bonchev–Trinajstić information content (AvgIpc) is 2.71. The maximum atomic E-state index is 10.7. The minimum Gasteiger partial charge on any atom is -0.313 e. The van der Waals surface area contributed by atoms with Gasteiger partial charge in [-0.1, -0.05) is 18.2 Å². The van der Waals surface area contributed by atoms with Crippen LogP contribution in [0.25, 0.3) is 10.1 Å². The highest BCUT2D eigenvalue weighted by atomic mass is 32.2. The summed E-state index contributed by atoms with van der Waals surface area (Å²) in [6.07, 6.45) is 0.543. The van der Waals surface area contributed by atoms with Crippen LogP contribution < -0.4 is 10.5 Å². The van der Waals surface area contributed by atoms with Crippen molar-refractivity contribution in [3.63, 3.8) is 0 Å². The molecule has 2 aromatic rings. The van der Waals surface area contributed by atoms with Crippen molar-refractivity contribution in [2.75, 3.05) is 12.3 Å². The highest BCUT2D eigenvalue weighted by Gasteiger charge is 2.04. The molecule has 3 N–H and O–H groups in total. The van der Waals surface area contributed by atoms with Gasteiger partial charge in [0, 0.05) is 11.2 Å². The number of rotatable bonds is 6. The van der Waals surface area contributed by atoms with Crippen LogP contribution >= 0.6 is 11.3 Å². The molecule has 0 unspecified atom stereocenters. The lowest BCUT2D eigenvalue weighted by molar-refractivity contribution is 0.590. The fourth-order valence-electron chi connectivity index (χ4n) is 1.79. The van der Waals surface area contributed by atoms with E-state index in [1.54, 1.807) is 11.3 Å². The Morgan fingerprint density at radius 1 is 1.28 bits per heavy atom. The first-order chi connectivity index (χ1) is 8.56. The summed E-state index contributed by atoms with van der Waals surface area (Å²) in [6, 6.07) is 8.26. The van der Waals surface area contributed by atoms with Crippen molar-refractivity contribution in [1.29, 1.82) is 0 Å². The van der Waals surface area contributed by atoms with E-state index < -0.39 is 10.0 Å². The minimum atomic E-state index is -3.33. The van der Waals surface area contributed by atoms with Crippen molar-refractivity contribution in [2.24, 2.45) is 5.14 Å². The minimum absolute atomic E-state index is 0.0321. The number of hydrogen-bond donors (Lipinski definition) is 2. The third-order valence-electron chi connectivity index (χ3n) is 2.66. The van der Waals surface area contributed by atoms with E-state index in [-0.39, 0.29) is 5.75 Å². The summed E-state index contributed by atoms with van der Waals surface area (Å²) in [6.45, 7) is 1.41. The number of fused-ring (bicyclic) bond motifs is 1. The monoisotopic (exact) mass is 284 g/mol. The van der Waals surface area contributed by atoms with E-state index in [1.807, 2.05) is 12.1 Å². The Labute approximate surface area is 111 Å². The molecule has 98 valence electrons. The molecule has 0 radical (unpaired) electrons. The van der Waals surface area contributed by atoms with Crippen LogP contribution in [0.4, 0.5) is 0 Å². The van der Waals surface area contributed by atoms with E-state index >= 15 is 0 Å². The van der Waals surface area contributed by atoms with Crippen LogP contribution in [0.15, 0.2) is 29.6 Å². The third-order valence-corrected chi connectivity index (χ3v) is 4.53. The maximum Gasteiger partial charge on any atom is 0.209 e. The van der Waals surface area contributed by atoms with Crippen LogP contribution in [0.5, 0.6) is 0 Å². The molecule has 1 aromatic carbocycles. The van der Waals surface area contributed by atoms with E-state index in [4.69, 9.17) is 5.14 Å². The van der Waals surface area contributed by atoms with Gasteiger partial charge in [-0.15, -0.1) is 11.3 Å². The highest BCUT2D eigenvalue weighted by molar-refractivity contribution is 7.89. The number of nitrogens with one attached hydrogen (secondary N) is 1. The molecule has 0 aliphatic carbocycles. The topological polar surface area (TPSA) is 72.2 Å². The summed E-state index contributed by atoms with van der Waals surface area (Å²) in [5.74, 6) is 0.0321. The molecule has 0 spiro atoms. The lowest BCUT2D eigenvalue weighted by Crippen LogP contribution is -2.21. The number of hydrogen-bond acceptors (Lipinski definition) is 4. The summed E-state index contributed by atoms with van der Waals surface area (Å²) in [7, 11) is -3.33. The van der Waals surface area contributed by atoms with E-state index in [0.717, 1.165) is 6.54 Å². The molecule has 0 bridgehead atoms. The summed E-state index contributed by atoms with van der Waals surface area (Å²) >= 11 is 1.73. The average molecular weight is 284 g/mol. The van der Waals surface area contributed by atoms with Gasteiger partial charge in [0.15, 0.2) is 0 Å². The summed E-state index contributed by atoms with van der Waals surface area (Å²) < 4.78 is 22.8. The van der Waals surface area contributed by atoms with Gasteiger partial charge in [-0.05, 0) is 35.4 Å². The number of primary sulfonamides is 1. The molecule has 0 fully saturated rings. The first-order valence-corrected chi connectivity index (χ1v) is 8.32. The van der Waals surface area contributed by atoms with Gasteiger partial charge in [0.1, 0.15) is 0 Å². The van der Waals surface area contributed by atoms with Crippen LogP contribution in [0.1, 0.15) is 12.0 Å². The first kappa shape index (κ1) is 13.5.